The number of carbonyl (C=O) groups excluding carboxylic acids is 1. The van der Waals surface area contributed by atoms with Crippen LogP contribution in [0.4, 0.5) is 0 Å². The number of aryl methyl sites for hydroxylation is 4. The van der Waals surface area contributed by atoms with E-state index < -0.39 is 0 Å². The zero-order valence-electron chi connectivity index (χ0n) is 18.1. The molecule has 0 bridgehead atoms. The van der Waals surface area contributed by atoms with Gasteiger partial charge in [-0.1, -0.05) is 17.3 Å². The van der Waals surface area contributed by atoms with Crippen molar-refractivity contribution in [2.75, 3.05) is 13.7 Å². The van der Waals surface area contributed by atoms with E-state index in [-0.39, 0.29) is 5.91 Å². The van der Waals surface area contributed by atoms with Crippen molar-refractivity contribution >= 4 is 17.0 Å². The lowest BCUT2D eigenvalue weighted by molar-refractivity contribution is 0.0954. The number of nitrogens with zero attached hydrogens (tertiary/aromatic N) is 4. The van der Waals surface area contributed by atoms with Gasteiger partial charge in [0.05, 0.1) is 23.8 Å². The molecule has 8 heteroatoms. The highest BCUT2D eigenvalue weighted by atomic mass is 16.5. The van der Waals surface area contributed by atoms with Gasteiger partial charge in [0, 0.05) is 30.0 Å². The summed E-state index contributed by atoms with van der Waals surface area (Å²) >= 11 is 0. The molecular weight excluding hydrogens is 394 g/mol. The molecule has 8 nitrogen and oxygen atoms in total. The van der Waals surface area contributed by atoms with Crippen molar-refractivity contribution in [3.05, 3.63) is 59.0 Å². The van der Waals surface area contributed by atoms with E-state index in [9.17, 15) is 4.79 Å². The van der Waals surface area contributed by atoms with E-state index in [1.165, 1.54) is 0 Å². The Morgan fingerprint density at radius 1 is 1.16 bits per heavy atom. The van der Waals surface area contributed by atoms with Gasteiger partial charge in [-0.3, -0.25) is 9.48 Å². The normalized spacial score (nSPS) is 11.1. The molecule has 1 amide bonds. The molecule has 4 aromatic rings. The molecule has 0 aliphatic carbocycles. The van der Waals surface area contributed by atoms with E-state index in [0.29, 0.717) is 40.3 Å². The van der Waals surface area contributed by atoms with Crippen molar-refractivity contribution in [2.24, 2.45) is 0 Å². The summed E-state index contributed by atoms with van der Waals surface area (Å²) in [5, 5.41) is 12.2. The zero-order valence-corrected chi connectivity index (χ0v) is 18.1. The largest absolute Gasteiger partial charge is 0.497 e. The third-order valence-electron chi connectivity index (χ3n) is 5.10. The Bertz CT molecular complexity index is 1240. The van der Waals surface area contributed by atoms with E-state index in [0.717, 1.165) is 29.9 Å². The Balaban J connectivity index is 1.56. The summed E-state index contributed by atoms with van der Waals surface area (Å²) in [5.74, 6) is 0.514. The number of amides is 1. The van der Waals surface area contributed by atoms with Crippen molar-refractivity contribution < 1.29 is 14.1 Å². The van der Waals surface area contributed by atoms with E-state index in [1.54, 1.807) is 13.2 Å². The molecule has 3 heterocycles. The van der Waals surface area contributed by atoms with Crippen molar-refractivity contribution in [3.8, 4) is 17.0 Å². The smallest absolute Gasteiger partial charge is 0.259 e. The first-order valence-corrected chi connectivity index (χ1v) is 10.2. The van der Waals surface area contributed by atoms with E-state index in [4.69, 9.17) is 9.26 Å². The summed E-state index contributed by atoms with van der Waals surface area (Å²) in [6.45, 7) is 7.10. The van der Waals surface area contributed by atoms with E-state index in [2.05, 4.69) is 20.6 Å². The second-order valence-corrected chi connectivity index (χ2v) is 7.51. The Hall–Kier alpha value is -3.68. The third kappa shape index (κ3) is 4.28. The molecule has 0 spiro atoms. The third-order valence-corrected chi connectivity index (χ3v) is 5.10. The standard InChI is InChI=1S/C23H25N5O3/c1-14-12-19(22(29)24-9-6-10-28-16(3)11-15(2)26-28)20-21(27-31-23(20)25-14)17-7-5-8-18(13-17)30-4/h5,7-8,11-13H,6,9-10H2,1-4H3,(H,24,29). The van der Waals surface area contributed by atoms with Crippen LogP contribution in [0.2, 0.25) is 0 Å². The first-order valence-electron chi connectivity index (χ1n) is 10.2. The molecule has 0 radical (unpaired) electrons. The minimum atomic E-state index is -0.184. The second-order valence-electron chi connectivity index (χ2n) is 7.51. The van der Waals surface area contributed by atoms with Crippen LogP contribution in [0.5, 0.6) is 5.75 Å². The van der Waals surface area contributed by atoms with Gasteiger partial charge in [0.15, 0.2) is 0 Å². The monoisotopic (exact) mass is 419 g/mol. The van der Waals surface area contributed by atoms with Gasteiger partial charge in [-0.25, -0.2) is 4.98 Å². The van der Waals surface area contributed by atoms with Crippen LogP contribution in [0.15, 0.2) is 40.9 Å². The van der Waals surface area contributed by atoms with Gasteiger partial charge < -0.3 is 14.6 Å². The highest BCUT2D eigenvalue weighted by Gasteiger charge is 2.21. The minimum absolute atomic E-state index is 0.184. The molecule has 4 rings (SSSR count). The Morgan fingerprint density at radius 3 is 2.74 bits per heavy atom. The summed E-state index contributed by atoms with van der Waals surface area (Å²) in [4.78, 5) is 17.4. The van der Waals surface area contributed by atoms with Gasteiger partial charge in [0.2, 0.25) is 0 Å². The molecule has 0 saturated carbocycles. The number of methoxy groups -OCH3 is 1. The van der Waals surface area contributed by atoms with Crippen LogP contribution < -0.4 is 10.1 Å². The van der Waals surface area contributed by atoms with Crippen LogP contribution in [0, 0.1) is 20.8 Å². The summed E-state index contributed by atoms with van der Waals surface area (Å²) in [5.41, 5.74) is 4.99. The molecule has 0 atom stereocenters. The lowest BCUT2D eigenvalue weighted by atomic mass is 10.0. The van der Waals surface area contributed by atoms with Gasteiger partial charge in [-0.15, -0.1) is 0 Å². The lowest BCUT2D eigenvalue weighted by Crippen LogP contribution is -2.26. The summed E-state index contributed by atoms with van der Waals surface area (Å²) in [7, 11) is 1.61. The van der Waals surface area contributed by atoms with Crippen LogP contribution in [-0.4, -0.2) is 39.5 Å². The highest BCUT2D eigenvalue weighted by Crippen LogP contribution is 2.32. The van der Waals surface area contributed by atoms with Gasteiger partial charge >= 0.3 is 0 Å². The van der Waals surface area contributed by atoms with Gasteiger partial charge in [-0.05, 0) is 51.5 Å². The lowest BCUT2D eigenvalue weighted by Gasteiger charge is -2.09. The van der Waals surface area contributed by atoms with E-state index >= 15 is 0 Å². The van der Waals surface area contributed by atoms with Crippen LogP contribution in [0.1, 0.15) is 33.9 Å². The van der Waals surface area contributed by atoms with Crippen LogP contribution in [0.25, 0.3) is 22.4 Å². The number of hydrogen-bond donors (Lipinski definition) is 1. The number of fused-ring (bicyclic) bond motifs is 1. The number of benzene rings is 1. The number of rotatable bonds is 7. The summed E-state index contributed by atoms with van der Waals surface area (Å²) in [6, 6.07) is 11.3. The quantitative estimate of drug-likeness (QED) is 0.457. The number of hydrogen-bond acceptors (Lipinski definition) is 6. The Labute approximate surface area is 180 Å². The predicted molar refractivity (Wildman–Crippen MR) is 117 cm³/mol. The first kappa shape index (κ1) is 20.6. The molecule has 0 unspecified atom stereocenters. The highest BCUT2D eigenvalue weighted by molar-refractivity contribution is 6.09. The SMILES string of the molecule is COc1cccc(-c2noc3nc(C)cc(C(=O)NCCCn4nc(C)cc4C)c23)c1. The fourth-order valence-corrected chi connectivity index (χ4v) is 3.65. The Morgan fingerprint density at radius 2 is 2.00 bits per heavy atom. The zero-order chi connectivity index (χ0) is 22.0. The van der Waals surface area contributed by atoms with Crippen molar-refractivity contribution in [2.45, 2.75) is 33.7 Å². The molecular formula is C23H25N5O3. The molecule has 0 aliphatic rings. The fraction of sp³-hybridized carbons (Fsp3) is 0.304. The molecule has 1 N–H and O–H groups in total. The van der Waals surface area contributed by atoms with Gasteiger partial charge in [0.25, 0.3) is 11.6 Å². The first-order chi connectivity index (χ1) is 15.0. The fourth-order valence-electron chi connectivity index (χ4n) is 3.65. The van der Waals surface area contributed by atoms with Crippen LogP contribution in [0.3, 0.4) is 0 Å². The number of aromatic nitrogens is 4. The summed E-state index contributed by atoms with van der Waals surface area (Å²) < 4.78 is 12.7. The molecule has 0 saturated heterocycles. The molecule has 31 heavy (non-hydrogen) atoms. The van der Waals surface area contributed by atoms with Crippen molar-refractivity contribution in [3.63, 3.8) is 0 Å². The van der Waals surface area contributed by atoms with E-state index in [1.807, 2.05) is 55.8 Å². The number of ether oxygens (including phenoxy) is 1. The predicted octanol–water partition coefficient (Wildman–Crippen LogP) is 3.84. The number of pyridine rings is 1. The molecule has 0 aliphatic heterocycles. The molecule has 160 valence electrons. The molecule has 3 aromatic heterocycles. The van der Waals surface area contributed by atoms with Crippen molar-refractivity contribution in [1.82, 2.24) is 25.2 Å². The van der Waals surface area contributed by atoms with Gasteiger partial charge in [0.1, 0.15) is 11.4 Å². The maximum absolute atomic E-state index is 13.0. The van der Waals surface area contributed by atoms with Gasteiger partial charge in [-0.2, -0.15) is 5.10 Å². The number of carbonyl (C=O) groups is 1. The average Bonchev–Trinajstić information content (AvgIpc) is 3.32. The summed E-state index contributed by atoms with van der Waals surface area (Å²) in [6.07, 6.45) is 0.771. The van der Waals surface area contributed by atoms with Crippen LogP contribution in [-0.2, 0) is 6.54 Å². The second kappa shape index (κ2) is 8.59. The Kier molecular flexibility index (Phi) is 5.70. The van der Waals surface area contributed by atoms with Crippen LogP contribution >= 0.6 is 0 Å². The average molecular weight is 419 g/mol. The molecule has 1 aromatic carbocycles. The minimum Gasteiger partial charge on any atom is -0.497 e. The topological polar surface area (TPSA) is 95.1 Å². The number of nitrogens with one attached hydrogen (secondary N) is 1. The maximum Gasteiger partial charge on any atom is 0.259 e. The molecule has 0 fully saturated rings. The maximum atomic E-state index is 13.0. The van der Waals surface area contributed by atoms with Crippen molar-refractivity contribution in [1.29, 1.82) is 0 Å².